The van der Waals surface area contributed by atoms with Crippen LogP contribution in [0.1, 0.15) is 17.3 Å². The first-order chi connectivity index (χ1) is 6.91. The second-order valence-corrected chi connectivity index (χ2v) is 3.30. The molecule has 0 aliphatic rings. The van der Waals surface area contributed by atoms with Crippen LogP contribution >= 0.6 is 11.6 Å². The maximum atomic E-state index is 10.8. The van der Waals surface area contributed by atoms with Crippen LogP contribution in [0.15, 0.2) is 12.1 Å². The largest absolute Gasteiger partial charge is 0.507 e. The summed E-state index contributed by atoms with van der Waals surface area (Å²) >= 11 is 5.76. The van der Waals surface area contributed by atoms with Gasteiger partial charge in [0.25, 0.3) is 5.91 Å². The smallest absolute Gasteiger partial charge is 0.252 e. The van der Waals surface area contributed by atoms with Gasteiger partial charge in [0.1, 0.15) is 5.75 Å². The molecule has 0 unspecified atom stereocenters. The van der Waals surface area contributed by atoms with E-state index in [1.807, 2.05) is 0 Å². The molecular formula is C9H9ClN2O3. The molecule has 5 nitrogen and oxygen atoms in total. The lowest BCUT2D eigenvalue weighted by atomic mass is 10.1. The molecule has 4 N–H and O–H groups in total. The van der Waals surface area contributed by atoms with Crippen molar-refractivity contribution >= 4 is 29.1 Å². The van der Waals surface area contributed by atoms with E-state index < -0.39 is 5.91 Å². The molecule has 0 atom stereocenters. The number of halogens is 1. The fourth-order valence-corrected chi connectivity index (χ4v) is 1.26. The van der Waals surface area contributed by atoms with Gasteiger partial charge in [-0.1, -0.05) is 11.6 Å². The second-order valence-electron chi connectivity index (χ2n) is 2.89. The molecule has 1 aromatic carbocycles. The number of hydrogen-bond donors (Lipinski definition) is 3. The summed E-state index contributed by atoms with van der Waals surface area (Å²) in [7, 11) is 0. The highest BCUT2D eigenvalue weighted by molar-refractivity contribution is 6.34. The van der Waals surface area contributed by atoms with Crippen molar-refractivity contribution < 1.29 is 14.7 Å². The number of phenols is 1. The lowest BCUT2D eigenvalue weighted by molar-refractivity contribution is -0.114. The number of hydrogen-bond acceptors (Lipinski definition) is 3. The number of rotatable bonds is 2. The van der Waals surface area contributed by atoms with Crippen molar-refractivity contribution in [3.05, 3.63) is 22.7 Å². The minimum atomic E-state index is -0.788. The molecule has 0 aromatic heterocycles. The molecule has 6 heteroatoms. The molecule has 1 aromatic rings. The Morgan fingerprint density at radius 2 is 2.07 bits per heavy atom. The third-order valence-corrected chi connectivity index (χ3v) is 1.97. The fourth-order valence-electron chi connectivity index (χ4n) is 1.04. The summed E-state index contributed by atoms with van der Waals surface area (Å²) in [5, 5.41) is 11.9. The van der Waals surface area contributed by atoms with Crippen LogP contribution in [-0.2, 0) is 4.79 Å². The van der Waals surface area contributed by atoms with Crippen molar-refractivity contribution in [1.82, 2.24) is 0 Å². The SMILES string of the molecule is CC(=O)Nc1cc(O)c(C(N)=O)cc1Cl. The van der Waals surface area contributed by atoms with Crippen LogP contribution in [0.5, 0.6) is 5.75 Å². The van der Waals surface area contributed by atoms with Crippen LogP contribution in [0.4, 0.5) is 5.69 Å². The topological polar surface area (TPSA) is 92.4 Å². The van der Waals surface area contributed by atoms with Crippen LogP contribution < -0.4 is 11.1 Å². The van der Waals surface area contributed by atoms with Gasteiger partial charge in [0.2, 0.25) is 5.91 Å². The van der Waals surface area contributed by atoms with Crippen LogP contribution in [0.2, 0.25) is 5.02 Å². The van der Waals surface area contributed by atoms with Gasteiger partial charge < -0.3 is 16.2 Å². The summed E-state index contributed by atoms with van der Waals surface area (Å²) in [6.07, 6.45) is 0. The van der Waals surface area contributed by atoms with Gasteiger partial charge in [-0.15, -0.1) is 0 Å². The van der Waals surface area contributed by atoms with Gasteiger partial charge in [0.15, 0.2) is 0 Å². The first-order valence-corrected chi connectivity index (χ1v) is 4.39. The van der Waals surface area contributed by atoms with E-state index in [4.69, 9.17) is 17.3 Å². The Bertz CT molecular complexity index is 432. The van der Waals surface area contributed by atoms with Gasteiger partial charge in [0, 0.05) is 13.0 Å². The zero-order valence-corrected chi connectivity index (χ0v) is 8.63. The van der Waals surface area contributed by atoms with Crippen molar-refractivity contribution in [1.29, 1.82) is 0 Å². The lowest BCUT2D eigenvalue weighted by Crippen LogP contribution is -2.12. The molecule has 0 heterocycles. The maximum absolute atomic E-state index is 10.8. The molecule has 80 valence electrons. The second kappa shape index (κ2) is 4.18. The van der Waals surface area contributed by atoms with Crippen LogP contribution in [0.25, 0.3) is 0 Å². The Morgan fingerprint density at radius 3 is 2.53 bits per heavy atom. The summed E-state index contributed by atoms with van der Waals surface area (Å²) in [5.41, 5.74) is 5.13. The predicted molar refractivity (Wildman–Crippen MR) is 55.9 cm³/mol. The number of amides is 2. The van der Waals surface area contributed by atoms with E-state index in [-0.39, 0.29) is 27.9 Å². The number of aromatic hydroxyl groups is 1. The molecule has 0 radical (unpaired) electrons. The highest BCUT2D eigenvalue weighted by atomic mass is 35.5. The van der Waals surface area contributed by atoms with Gasteiger partial charge in [-0.2, -0.15) is 0 Å². The van der Waals surface area contributed by atoms with Crippen molar-refractivity contribution in [3.8, 4) is 5.75 Å². The number of nitrogens with one attached hydrogen (secondary N) is 1. The van der Waals surface area contributed by atoms with Crippen molar-refractivity contribution in [2.45, 2.75) is 6.92 Å². The highest BCUT2D eigenvalue weighted by Crippen LogP contribution is 2.29. The van der Waals surface area contributed by atoms with E-state index >= 15 is 0 Å². The first-order valence-electron chi connectivity index (χ1n) is 4.01. The summed E-state index contributed by atoms with van der Waals surface area (Å²) in [6, 6.07) is 2.37. The lowest BCUT2D eigenvalue weighted by Gasteiger charge is -2.07. The van der Waals surface area contributed by atoms with Gasteiger partial charge in [-0.3, -0.25) is 9.59 Å². The van der Waals surface area contributed by atoms with E-state index in [2.05, 4.69) is 5.32 Å². The number of nitrogens with two attached hydrogens (primary N) is 1. The fraction of sp³-hybridized carbons (Fsp3) is 0.111. The number of benzene rings is 1. The monoisotopic (exact) mass is 228 g/mol. The summed E-state index contributed by atoms with van der Waals surface area (Å²) in [6.45, 7) is 1.30. The van der Waals surface area contributed by atoms with E-state index in [1.54, 1.807) is 0 Å². The first kappa shape index (κ1) is 11.3. The van der Waals surface area contributed by atoms with Gasteiger partial charge in [0.05, 0.1) is 16.3 Å². The molecule has 0 spiro atoms. The number of carbonyl (C=O) groups excluding carboxylic acids is 2. The maximum Gasteiger partial charge on any atom is 0.252 e. The molecule has 1 rings (SSSR count). The number of carbonyl (C=O) groups is 2. The Morgan fingerprint density at radius 1 is 1.47 bits per heavy atom. The van der Waals surface area contributed by atoms with E-state index in [0.717, 1.165) is 0 Å². The molecule has 0 aliphatic carbocycles. The Kier molecular flexibility index (Phi) is 3.16. The summed E-state index contributed by atoms with van der Waals surface area (Å²) in [4.78, 5) is 21.6. The number of anilines is 1. The third-order valence-electron chi connectivity index (χ3n) is 1.66. The van der Waals surface area contributed by atoms with Gasteiger partial charge in [-0.05, 0) is 6.07 Å². The third kappa shape index (κ3) is 2.60. The zero-order chi connectivity index (χ0) is 11.6. The molecule has 0 bridgehead atoms. The molecular weight excluding hydrogens is 220 g/mol. The molecule has 0 saturated heterocycles. The van der Waals surface area contributed by atoms with E-state index in [0.29, 0.717) is 0 Å². The average molecular weight is 229 g/mol. The molecule has 0 fully saturated rings. The molecule has 0 saturated carbocycles. The van der Waals surface area contributed by atoms with Gasteiger partial charge in [-0.25, -0.2) is 0 Å². The highest BCUT2D eigenvalue weighted by Gasteiger charge is 2.12. The van der Waals surface area contributed by atoms with E-state index in [1.165, 1.54) is 19.1 Å². The molecule has 0 aliphatic heterocycles. The normalized spacial score (nSPS) is 9.73. The molecule has 2 amide bonds. The Labute approximate surface area is 90.8 Å². The zero-order valence-electron chi connectivity index (χ0n) is 7.87. The summed E-state index contributed by atoms with van der Waals surface area (Å²) < 4.78 is 0. The minimum Gasteiger partial charge on any atom is -0.507 e. The van der Waals surface area contributed by atoms with Crippen molar-refractivity contribution in [2.75, 3.05) is 5.32 Å². The Balaban J connectivity index is 3.19. The molecule has 15 heavy (non-hydrogen) atoms. The Hall–Kier alpha value is -1.75. The number of primary amides is 1. The van der Waals surface area contributed by atoms with Crippen molar-refractivity contribution in [3.63, 3.8) is 0 Å². The average Bonchev–Trinajstić information content (AvgIpc) is 2.09. The predicted octanol–water partition coefficient (Wildman–Crippen LogP) is 1.10. The van der Waals surface area contributed by atoms with Crippen LogP contribution in [0, 0.1) is 0 Å². The minimum absolute atomic E-state index is 0.0888. The quantitative estimate of drug-likeness (QED) is 0.708. The van der Waals surface area contributed by atoms with Crippen LogP contribution in [0.3, 0.4) is 0 Å². The standard InChI is InChI=1S/C9H9ClN2O3/c1-4(13)12-7-3-8(14)5(9(11)15)2-6(7)10/h2-3,14H,1H3,(H2,11,15)(H,12,13). The summed E-state index contributed by atoms with van der Waals surface area (Å²) in [5.74, 6) is -1.44. The van der Waals surface area contributed by atoms with Gasteiger partial charge >= 0.3 is 0 Å². The van der Waals surface area contributed by atoms with Crippen LogP contribution in [-0.4, -0.2) is 16.9 Å². The van der Waals surface area contributed by atoms with E-state index in [9.17, 15) is 14.7 Å². The van der Waals surface area contributed by atoms with Crippen molar-refractivity contribution in [2.24, 2.45) is 5.73 Å².